The smallest absolute Gasteiger partial charge is 0.145 e. The number of hydrogen-bond donors (Lipinski definition) is 1. The van der Waals surface area contributed by atoms with Gasteiger partial charge in [0.2, 0.25) is 0 Å². The number of carbonyl (C=O) groups excluding carboxylic acids is 1. The minimum Gasteiger partial charge on any atom is -0.394 e. The second-order valence-corrected chi connectivity index (χ2v) is 1.87. The molecule has 0 aromatic carbocycles. The lowest BCUT2D eigenvalue weighted by Gasteiger charge is -1.90. The minimum absolute atomic E-state index is 0.0433. The Morgan fingerprint density at radius 1 is 1.21 bits per heavy atom. The van der Waals surface area contributed by atoms with Crippen molar-refractivity contribution in [3.63, 3.8) is 0 Å². The zero-order valence-electron chi connectivity index (χ0n) is 7.94. The van der Waals surface area contributed by atoms with Gasteiger partial charge in [-0.05, 0) is 0 Å². The summed E-state index contributed by atoms with van der Waals surface area (Å²) in [4.78, 5) is 9.49. The van der Waals surface area contributed by atoms with Crippen LogP contribution in [0.25, 0.3) is 0 Å². The number of aldehydes is 1. The van der Waals surface area contributed by atoms with Crippen molar-refractivity contribution in [1.29, 1.82) is 0 Å². The highest BCUT2D eigenvalue weighted by molar-refractivity contribution is 5.50. The first-order valence-electron chi connectivity index (χ1n) is 3.90. The van der Waals surface area contributed by atoms with E-state index in [1.54, 1.807) is 0 Å². The van der Waals surface area contributed by atoms with Crippen LogP contribution in [0.1, 0.15) is 0 Å². The molecule has 0 heterocycles. The highest BCUT2D eigenvalue weighted by Gasteiger charge is 1.76. The van der Waals surface area contributed by atoms with Crippen LogP contribution in [-0.2, 0) is 14.3 Å². The summed E-state index contributed by atoms with van der Waals surface area (Å²) in [5.74, 6) is 4.49. The van der Waals surface area contributed by atoms with Crippen molar-refractivity contribution in [2.45, 2.75) is 0 Å². The summed E-state index contributed by atoms with van der Waals surface area (Å²) in [7, 11) is 0. The molecule has 0 saturated carbocycles. The molecule has 0 unspecified atom stereocenters. The normalized spacial score (nSPS) is 7.64. The van der Waals surface area contributed by atoms with E-state index in [2.05, 4.69) is 21.3 Å². The van der Waals surface area contributed by atoms with Gasteiger partial charge in [-0.1, -0.05) is 11.8 Å². The lowest BCUT2D eigenvalue weighted by atomic mass is 10.7. The van der Waals surface area contributed by atoms with Crippen LogP contribution in [-0.4, -0.2) is 44.4 Å². The van der Waals surface area contributed by atoms with E-state index in [0.29, 0.717) is 19.5 Å². The lowest BCUT2D eigenvalue weighted by molar-refractivity contribution is -0.111. The Hall–Kier alpha value is -1.33. The van der Waals surface area contributed by atoms with E-state index in [9.17, 15) is 4.79 Å². The van der Waals surface area contributed by atoms with Crippen LogP contribution in [0.5, 0.6) is 0 Å². The molecule has 0 aliphatic carbocycles. The van der Waals surface area contributed by atoms with Crippen molar-refractivity contribution in [1.82, 2.24) is 0 Å². The minimum atomic E-state index is 0.0433. The summed E-state index contributed by atoms with van der Waals surface area (Å²) in [5, 5.41) is 8.10. The zero-order valence-corrected chi connectivity index (χ0v) is 7.94. The fourth-order valence-corrected chi connectivity index (χ4v) is 0.362. The molecule has 4 nitrogen and oxygen atoms in total. The largest absolute Gasteiger partial charge is 0.394 e. The number of ether oxygens (including phenoxy) is 2. The van der Waals surface area contributed by atoms with E-state index in [4.69, 9.17) is 18.0 Å². The van der Waals surface area contributed by atoms with Crippen molar-refractivity contribution in [2.24, 2.45) is 0 Å². The summed E-state index contributed by atoms with van der Waals surface area (Å²) < 4.78 is 9.17. The summed E-state index contributed by atoms with van der Waals surface area (Å²) in [6.07, 6.45) is 10.3. The van der Waals surface area contributed by atoms with Crippen molar-refractivity contribution in [3.05, 3.63) is 0 Å². The average Bonchev–Trinajstić information content (AvgIpc) is 2.21. The molecule has 0 aromatic rings. The Labute approximate surface area is 84.2 Å². The highest BCUT2D eigenvalue weighted by Crippen LogP contribution is 1.67. The van der Waals surface area contributed by atoms with Crippen LogP contribution in [0.15, 0.2) is 0 Å². The molecule has 0 aliphatic rings. The first-order chi connectivity index (χ1) is 6.83. The Kier molecular flexibility index (Phi) is 19.1. The molecule has 0 spiro atoms. The van der Waals surface area contributed by atoms with Crippen LogP contribution < -0.4 is 0 Å². The molecule has 0 fully saturated rings. The summed E-state index contributed by atoms with van der Waals surface area (Å²) in [6.45, 7) is 0.995. The maximum atomic E-state index is 9.49. The number of terminal acetylenes is 2. The van der Waals surface area contributed by atoms with E-state index in [1.807, 2.05) is 0 Å². The molecule has 0 aromatic heterocycles. The Morgan fingerprint density at radius 2 is 1.79 bits per heavy atom. The number of rotatable bonds is 6. The van der Waals surface area contributed by atoms with E-state index >= 15 is 0 Å². The SMILES string of the molecule is C#CCOCC=O.C#CCOCCO. The fraction of sp³-hybridized carbons (Fsp3) is 0.500. The summed E-state index contributed by atoms with van der Waals surface area (Å²) in [6, 6.07) is 0. The van der Waals surface area contributed by atoms with Crippen molar-refractivity contribution >= 4 is 6.29 Å². The van der Waals surface area contributed by atoms with Crippen molar-refractivity contribution < 1.29 is 19.4 Å². The molecule has 14 heavy (non-hydrogen) atoms. The molecule has 0 amide bonds. The van der Waals surface area contributed by atoms with Crippen molar-refractivity contribution in [2.75, 3.05) is 33.0 Å². The molecule has 0 atom stereocenters. The zero-order chi connectivity index (χ0) is 11.1. The second-order valence-electron chi connectivity index (χ2n) is 1.87. The molecule has 0 saturated heterocycles. The molecule has 78 valence electrons. The van der Waals surface area contributed by atoms with E-state index < -0.39 is 0 Å². The van der Waals surface area contributed by atoms with Gasteiger partial charge in [-0.3, -0.25) is 0 Å². The van der Waals surface area contributed by atoms with Gasteiger partial charge in [-0.15, -0.1) is 12.8 Å². The summed E-state index contributed by atoms with van der Waals surface area (Å²) >= 11 is 0. The van der Waals surface area contributed by atoms with Crippen LogP contribution >= 0.6 is 0 Å². The van der Waals surface area contributed by atoms with Gasteiger partial charge in [0, 0.05) is 0 Å². The predicted octanol–water partition coefficient (Wildman–Crippen LogP) is -0.536. The maximum Gasteiger partial charge on any atom is 0.145 e. The number of aliphatic hydroxyl groups is 1. The Bertz CT molecular complexity index is 187. The Balaban J connectivity index is 0. The molecular weight excluding hydrogens is 184 g/mol. The van der Waals surface area contributed by atoms with Crippen LogP contribution in [0.4, 0.5) is 0 Å². The van der Waals surface area contributed by atoms with Crippen LogP contribution in [0, 0.1) is 24.7 Å². The lowest BCUT2D eigenvalue weighted by Crippen LogP contribution is -1.97. The monoisotopic (exact) mass is 198 g/mol. The maximum absolute atomic E-state index is 9.49. The molecule has 4 heteroatoms. The quantitative estimate of drug-likeness (QED) is 0.354. The third-order valence-corrected chi connectivity index (χ3v) is 0.792. The van der Waals surface area contributed by atoms with Gasteiger partial charge in [0.15, 0.2) is 0 Å². The van der Waals surface area contributed by atoms with Crippen LogP contribution in [0.3, 0.4) is 0 Å². The molecule has 0 rings (SSSR count). The van der Waals surface area contributed by atoms with Crippen molar-refractivity contribution in [3.8, 4) is 24.7 Å². The van der Waals surface area contributed by atoms with Gasteiger partial charge in [0.25, 0.3) is 0 Å². The van der Waals surface area contributed by atoms with Gasteiger partial charge < -0.3 is 19.4 Å². The van der Waals surface area contributed by atoms with Gasteiger partial charge in [-0.25, -0.2) is 0 Å². The molecule has 0 bridgehead atoms. The predicted molar refractivity (Wildman–Crippen MR) is 52.5 cm³/mol. The molecule has 0 aliphatic heterocycles. The van der Waals surface area contributed by atoms with Gasteiger partial charge >= 0.3 is 0 Å². The molecule has 0 radical (unpaired) electrons. The van der Waals surface area contributed by atoms with E-state index in [1.165, 1.54) is 0 Å². The first kappa shape index (κ1) is 15.2. The first-order valence-corrected chi connectivity index (χ1v) is 3.90. The summed E-state index contributed by atoms with van der Waals surface area (Å²) in [5.41, 5.74) is 0. The Morgan fingerprint density at radius 3 is 2.21 bits per heavy atom. The molecular formula is C10H14O4. The van der Waals surface area contributed by atoms with Gasteiger partial charge in [0.05, 0.1) is 13.2 Å². The van der Waals surface area contributed by atoms with Gasteiger partial charge in [0.1, 0.15) is 26.1 Å². The van der Waals surface area contributed by atoms with E-state index in [0.717, 1.165) is 0 Å². The van der Waals surface area contributed by atoms with Crippen LogP contribution in [0.2, 0.25) is 0 Å². The number of carbonyl (C=O) groups is 1. The third kappa shape index (κ3) is 22.4. The second kappa shape index (κ2) is 17.7. The standard InChI is InChI=1S/C5H8O2.C5H6O2/c2*1-2-4-7-5-3-6/h1,6H,3-5H2;1,3H,4-5H2. The number of hydrogen-bond acceptors (Lipinski definition) is 4. The molecule has 1 N–H and O–H groups in total. The number of aliphatic hydroxyl groups excluding tert-OH is 1. The topological polar surface area (TPSA) is 55.8 Å². The highest BCUT2D eigenvalue weighted by atomic mass is 16.5. The van der Waals surface area contributed by atoms with E-state index in [-0.39, 0.29) is 19.8 Å². The van der Waals surface area contributed by atoms with Gasteiger partial charge in [-0.2, -0.15) is 0 Å². The fourth-order valence-electron chi connectivity index (χ4n) is 0.362. The average molecular weight is 198 g/mol. The third-order valence-electron chi connectivity index (χ3n) is 0.792.